The fourth-order valence-corrected chi connectivity index (χ4v) is 1.47. The molecule has 2 heterocycles. The predicted octanol–water partition coefficient (Wildman–Crippen LogP) is 0.671. The molecule has 72 valence electrons. The number of carbonyl (C=O) groups excluding carboxylic acids is 1. The summed E-state index contributed by atoms with van der Waals surface area (Å²) in [5.74, 6) is -0.356. The van der Waals surface area contributed by atoms with Gasteiger partial charge in [0.15, 0.2) is 0 Å². The number of imidazole rings is 1. The summed E-state index contributed by atoms with van der Waals surface area (Å²) in [5, 5.41) is 0. The van der Waals surface area contributed by atoms with Crippen LogP contribution < -0.4 is 5.73 Å². The van der Waals surface area contributed by atoms with E-state index in [1.165, 1.54) is 0 Å². The van der Waals surface area contributed by atoms with E-state index in [9.17, 15) is 4.79 Å². The Morgan fingerprint density at radius 1 is 1.64 bits per heavy atom. The molecule has 2 aromatic heterocycles. The molecule has 0 bridgehead atoms. The molecule has 0 atom stereocenters. The van der Waals surface area contributed by atoms with Gasteiger partial charge < -0.3 is 10.1 Å². The molecule has 0 spiro atoms. The molecule has 14 heavy (non-hydrogen) atoms. The lowest BCUT2D eigenvalue weighted by molar-refractivity contribution is -0.117. The first-order valence-corrected chi connectivity index (χ1v) is 4.38. The van der Waals surface area contributed by atoms with E-state index in [2.05, 4.69) is 4.98 Å². The first-order valence-electron chi connectivity index (χ1n) is 4.38. The van der Waals surface area contributed by atoms with Crippen LogP contribution in [-0.2, 0) is 11.2 Å². The van der Waals surface area contributed by atoms with Crippen molar-refractivity contribution >= 4 is 11.6 Å². The third-order valence-electron chi connectivity index (χ3n) is 2.08. The highest BCUT2D eigenvalue weighted by Gasteiger charge is 2.05. The third-order valence-corrected chi connectivity index (χ3v) is 2.08. The summed E-state index contributed by atoms with van der Waals surface area (Å²) in [6.45, 7) is 1.98. The molecule has 0 unspecified atom stereocenters. The Bertz CT molecular complexity index is 487. The van der Waals surface area contributed by atoms with E-state index >= 15 is 0 Å². The molecule has 0 saturated carbocycles. The van der Waals surface area contributed by atoms with Crippen molar-refractivity contribution in [2.75, 3.05) is 0 Å². The largest absolute Gasteiger partial charge is 0.369 e. The van der Waals surface area contributed by atoms with Gasteiger partial charge in [0.2, 0.25) is 5.91 Å². The highest BCUT2D eigenvalue weighted by Crippen LogP contribution is 2.09. The number of nitrogens with two attached hydrogens (primary N) is 1. The summed E-state index contributed by atoms with van der Waals surface area (Å²) in [5.41, 5.74) is 7.78. The molecule has 0 fully saturated rings. The molecule has 0 radical (unpaired) electrons. The highest BCUT2D eigenvalue weighted by atomic mass is 16.1. The summed E-state index contributed by atoms with van der Waals surface area (Å²) < 4.78 is 1.90. The zero-order valence-electron chi connectivity index (χ0n) is 7.90. The van der Waals surface area contributed by atoms with Crippen LogP contribution in [0.4, 0.5) is 0 Å². The van der Waals surface area contributed by atoms with Gasteiger partial charge in [-0.3, -0.25) is 4.79 Å². The van der Waals surface area contributed by atoms with Gasteiger partial charge in [-0.1, -0.05) is 6.07 Å². The Morgan fingerprint density at radius 3 is 3.07 bits per heavy atom. The molecule has 0 saturated heterocycles. The van der Waals surface area contributed by atoms with E-state index in [1.54, 1.807) is 0 Å². The number of hydrogen-bond donors (Lipinski definition) is 1. The van der Waals surface area contributed by atoms with Gasteiger partial charge in [-0.2, -0.15) is 0 Å². The molecule has 0 aliphatic carbocycles. The SMILES string of the molecule is Cc1cccn2cc(CC(N)=O)nc12. The standard InChI is InChI=1S/C10H11N3O/c1-7-3-2-4-13-6-8(5-9(11)14)12-10(7)13/h2-4,6H,5H2,1H3,(H2,11,14). The maximum atomic E-state index is 10.7. The van der Waals surface area contributed by atoms with Gasteiger partial charge in [0.25, 0.3) is 0 Å². The van der Waals surface area contributed by atoms with Gasteiger partial charge in [0, 0.05) is 12.4 Å². The number of aryl methyl sites for hydroxylation is 1. The monoisotopic (exact) mass is 189 g/mol. The first kappa shape index (κ1) is 8.74. The van der Waals surface area contributed by atoms with E-state index in [4.69, 9.17) is 5.73 Å². The average molecular weight is 189 g/mol. The van der Waals surface area contributed by atoms with Crippen molar-refractivity contribution in [3.05, 3.63) is 35.8 Å². The smallest absolute Gasteiger partial charge is 0.223 e. The lowest BCUT2D eigenvalue weighted by Crippen LogP contribution is -2.13. The Labute approximate surface area is 81.4 Å². The van der Waals surface area contributed by atoms with Crippen molar-refractivity contribution in [3.8, 4) is 0 Å². The van der Waals surface area contributed by atoms with E-state index in [1.807, 2.05) is 35.9 Å². The molecule has 2 N–H and O–H groups in total. The minimum atomic E-state index is -0.356. The van der Waals surface area contributed by atoms with Gasteiger partial charge in [0.1, 0.15) is 5.65 Å². The zero-order chi connectivity index (χ0) is 10.1. The second-order valence-electron chi connectivity index (χ2n) is 3.30. The molecule has 1 amide bonds. The molecule has 0 aliphatic heterocycles. The van der Waals surface area contributed by atoms with Crippen LogP contribution in [0.25, 0.3) is 5.65 Å². The van der Waals surface area contributed by atoms with Crippen LogP contribution in [0.3, 0.4) is 0 Å². The average Bonchev–Trinajstić information content (AvgIpc) is 2.47. The van der Waals surface area contributed by atoms with Crippen LogP contribution >= 0.6 is 0 Å². The van der Waals surface area contributed by atoms with Gasteiger partial charge in [0.05, 0.1) is 12.1 Å². The fourth-order valence-electron chi connectivity index (χ4n) is 1.47. The number of hydrogen-bond acceptors (Lipinski definition) is 2. The minimum Gasteiger partial charge on any atom is -0.369 e. The summed E-state index contributed by atoms with van der Waals surface area (Å²) in [6, 6.07) is 3.93. The lowest BCUT2D eigenvalue weighted by Gasteiger charge is -1.93. The molecule has 2 rings (SSSR count). The van der Waals surface area contributed by atoms with Crippen LogP contribution in [0.15, 0.2) is 24.5 Å². The summed E-state index contributed by atoms with van der Waals surface area (Å²) in [7, 11) is 0. The number of amides is 1. The van der Waals surface area contributed by atoms with E-state index in [-0.39, 0.29) is 12.3 Å². The Kier molecular flexibility index (Phi) is 1.96. The van der Waals surface area contributed by atoms with Crippen molar-refractivity contribution < 1.29 is 4.79 Å². The second-order valence-corrected chi connectivity index (χ2v) is 3.30. The van der Waals surface area contributed by atoms with Gasteiger partial charge in [-0.25, -0.2) is 4.98 Å². The Hall–Kier alpha value is -1.84. The van der Waals surface area contributed by atoms with Crippen LogP contribution in [0.5, 0.6) is 0 Å². The fraction of sp³-hybridized carbons (Fsp3) is 0.200. The van der Waals surface area contributed by atoms with Crippen LogP contribution in [0, 0.1) is 6.92 Å². The van der Waals surface area contributed by atoms with E-state index in [0.29, 0.717) is 5.69 Å². The predicted molar refractivity (Wildman–Crippen MR) is 52.8 cm³/mol. The molecule has 0 aromatic carbocycles. The van der Waals surface area contributed by atoms with Crippen molar-refractivity contribution in [3.63, 3.8) is 0 Å². The van der Waals surface area contributed by atoms with Gasteiger partial charge in [-0.15, -0.1) is 0 Å². The normalized spacial score (nSPS) is 10.6. The number of carbonyl (C=O) groups is 1. The number of pyridine rings is 1. The number of nitrogens with zero attached hydrogens (tertiary/aromatic N) is 2. The third kappa shape index (κ3) is 1.46. The summed E-state index contributed by atoms with van der Waals surface area (Å²) in [6.07, 6.45) is 3.92. The highest BCUT2D eigenvalue weighted by molar-refractivity contribution is 5.76. The molecular weight excluding hydrogens is 178 g/mol. The van der Waals surface area contributed by atoms with Crippen molar-refractivity contribution in [2.24, 2.45) is 5.73 Å². The number of aromatic nitrogens is 2. The number of primary amides is 1. The zero-order valence-corrected chi connectivity index (χ0v) is 7.90. The molecule has 2 aromatic rings. The van der Waals surface area contributed by atoms with E-state index in [0.717, 1.165) is 11.2 Å². The number of rotatable bonds is 2. The van der Waals surface area contributed by atoms with Crippen molar-refractivity contribution in [1.29, 1.82) is 0 Å². The van der Waals surface area contributed by atoms with Crippen molar-refractivity contribution in [1.82, 2.24) is 9.38 Å². The minimum absolute atomic E-state index is 0.196. The summed E-state index contributed by atoms with van der Waals surface area (Å²) in [4.78, 5) is 15.0. The molecule has 4 heteroatoms. The lowest BCUT2D eigenvalue weighted by atomic mass is 10.3. The van der Waals surface area contributed by atoms with Crippen LogP contribution in [0.2, 0.25) is 0 Å². The Morgan fingerprint density at radius 2 is 2.43 bits per heavy atom. The molecule has 0 aliphatic rings. The molecule has 4 nitrogen and oxygen atoms in total. The van der Waals surface area contributed by atoms with Gasteiger partial charge in [-0.05, 0) is 18.6 Å². The second kappa shape index (κ2) is 3.14. The number of fused-ring (bicyclic) bond motifs is 1. The topological polar surface area (TPSA) is 60.4 Å². The van der Waals surface area contributed by atoms with Crippen LogP contribution in [-0.4, -0.2) is 15.3 Å². The Balaban J connectivity index is 2.51. The van der Waals surface area contributed by atoms with Gasteiger partial charge >= 0.3 is 0 Å². The maximum Gasteiger partial charge on any atom is 0.223 e. The quantitative estimate of drug-likeness (QED) is 0.754. The molecular formula is C10H11N3O. The van der Waals surface area contributed by atoms with Crippen LogP contribution in [0.1, 0.15) is 11.3 Å². The summed E-state index contributed by atoms with van der Waals surface area (Å²) >= 11 is 0. The van der Waals surface area contributed by atoms with Crippen molar-refractivity contribution in [2.45, 2.75) is 13.3 Å². The first-order chi connectivity index (χ1) is 6.66. The van der Waals surface area contributed by atoms with E-state index < -0.39 is 0 Å². The maximum absolute atomic E-state index is 10.7.